The van der Waals surface area contributed by atoms with Gasteiger partial charge in [0, 0.05) is 24.3 Å². The molecule has 154 valence electrons. The molecule has 1 aliphatic rings. The van der Waals surface area contributed by atoms with Gasteiger partial charge in [-0.2, -0.15) is 0 Å². The summed E-state index contributed by atoms with van der Waals surface area (Å²) < 4.78 is 27.5. The minimum Gasteiger partial charge on any atom is -0.369 e. The van der Waals surface area contributed by atoms with Gasteiger partial charge in [0.2, 0.25) is 5.91 Å². The molecule has 1 saturated heterocycles. The molecule has 2 N–H and O–H groups in total. The highest BCUT2D eigenvalue weighted by molar-refractivity contribution is 6.01. The number of nitrogens with one attached hydrogen (secondary N) is 2. The predicted octanol–water partition coefficient (Wildman–Crippen LogP) is 3.96. The smallest absolute Gasteiger partial charge is 0.251 e. The zero-order valence-electron chi connectivity index (χ0n) is 16.5. The van der Waals surface area contributed by atoms with Crippen molar-refractivity contribution < 1.29 is 18.4 Å². The first-order chi connectivity index (χ1) is 13.8. The van der Waals surface area contributed by atoms with Crippen molar-refractivity contribution in [2.45, 2.75) is 32.7 Å². The number of anilines is 2. The monoisotopic (exact) mass is 401 g/mol. The largest absolute Gasteiger partial charge is 0.369 e. The molecule has 0 radical (unpaired) electrons. The zero-order chi connectivity index (χ0) is 21.0. The third-order valence-electron chi connectivity index (χ3n) is 5.00. The molecule has 0 spiro atoms. The Balaban J connectivity index is 1.68. The lowest BCUT2D eigenvalue weighted by Gasteiger charge is -2.22. The first-order valence-corrected chi connectivity index (χ1v) is 9.77. The fourth-order valence-corrected chi connectivity index (χ4v) is 3.38. The van der Waals surface area contributed by atoms with Crippen molar-refractivity contribution in [2.75, 3.05) is 23.3 Å². The van der Waals surface area contributed by atoms with E-state index in [2.05, 4.69) is 10.6 Å². The lowest BCUT2D eigenvalue weighted by Crippen LogP contribution is -2.47. The number of halogens is 2. The second-order valence-corrected chi connectivity index (χ2v) is 7.55. The molecule has 0 bridgehead atoms. The molecule has 1 heterocycles. The molecule has 1 atom stereocenters. The van der Waals surface area contributed by atoms with Gasteiger partial charge in [-0.15, -0.1) is 0 Å². The van der Waals surface area contributed by atoms with Gasteiger partial charge < -0.3 is 15.5 Å². The van der Waals surface area contributed by atoms with Gasteiger partial charge in [0.15, 0.2) is 0 Å². The second kappa shape index (κ2) is 9.03. The summed E-state index contributed by atoms with van der Waals surface area (Å²) in [5.74, 6) is -1.95. The van der Waals surface area contributed by atoms with Crippen molar-refractivity contribution in [3.8, 4) is 0 Å². The van der Waals surface area contributed by atoms with Gasteiger partial charge in [-0.25, -0.2) is 8.78 Å². The quantitative estimate of drug-likeness (QED) is 0.770. The van der Waals surface area contributed by atoms with Crippen molar-refractivity contribution in [1.82, 2.24) is 5.32 Å². The maximum atomic E-state index is 14.5. The highest BCUT2D eigenvalue weighted by atomic mass is 19.1. The molecule has 0 saturated carbocycles. The van der Waals surface area contributed by atoms with Crippen LogP contribution in [0.3, 0.4) is 0 Å². The number of nitrogens with zero attached hydrogens (tertiary/aromatic N) is 1. The first-order valence-electron chi connectivity index (χ1n) is 9.77. The highest BCUT2D eigenvalue weighted by Crippen LogP contribution is 2.26. The van der Waals surface area contributed by atoms with Gasteiger partial charge >= 0.3 is 0 Å². The Morgan fingerprint density at radius 2 is 1.66 bits per heavy atom. The minimum absolute atomic E-state index is 0.201. The molecule has 2 aromatic rings. The van der Waals surface area contributed by atoms with E-state index in [9.17, 15) is 18.4 Å². The Hall–Kier alpha value is -2.96. The fraction of sp³-hybridized carbons (Fsp3) is 0.364. The number of carbonyl (C=O) groups is 2. The number of hydrogen-bond donors (Lipinski definition) is 2. The number of hydrogen-bond acceptors (Lipinski definition) is 3. The molecular weight excluding hydrogens is 376 g/mol. The average Bonchev–Trinajstić information content (AvgIpc) is 3.20. The van der Waals surface area contributed by atoms with Crippen LogP contribution >= 0.6 is 0 Å². The van der Waals surface area contributed by atoms with Crippen molar-refractivity contribution in [3.05, 3.63) is 59.7 Å². The van der Waals surface area contributed by atoms with Crippen LogP contribution in [0.2, 0.25) is 0 Å². The summed E-state index contributed by atoms with van der Waals surface area (Å²) in [4.78, 5) is 27.1. The summed E-state index contributed by atoms with van der Waals surface area (Å²) in [5, 5.41) is 5.34. The van der Waals surface area contributed by atoms with Crippen LogP contribution < -0.4 is 15.5 Å². The number of rotatable bonds is 6. The lowest BCUT2D eigenvalue weighted by atomic mass is 10.0. The van der Waals surface area contributed by atoms with E-state index in [0.29, 0.717) is 11.4 Å². The van der Waals surface area contributed by atoms with E-state index in [4.69, 9.17) is 0 Å². The van der Waals surface area contributed by atoms with Crippen molar-refractivity contribution in [2.24, 2.45) is 5.92 Å². The molecule has 5 nitrogen and oxygen atoms in total. The van der Waals surface area contributed by atoms with Crippen LogP contribution in [0.1, 0.15) is 37.0 Å². The molecule has 3 rings (SSSR count). The molecule has 1 fully saturated rings. The van der Waals surface area contributed by atoms with E-state index >= 15 is 0 Å². The predicted molar refractivity (Wildman–Crippen MR) is 109 cm³/mol. The van der Waals surface area contributed by atoms with E-state index in [1.807, 2.05) is 4.90 Å². The molecule has 1 aliphatic heterocycles. The molecular formula is C22H25F2N3O2. The topological polar surface area (TPSA) is 61.4 Å². The van der Waals surface area contributed by atoms with E-state index < -0.39 is 23.7 Å². The molecule has 0 aromatic heterocycles. The summed E-state index contributed by atoms with van der Waals surface area (Å²) in [5.41, 5.74) is 1.12. The standard InChI is InChI=1S/C22H25F2N3O2/c1-14(2)20(26-21(28)15-5-7-16(23)8-6-15)22(29)25-17-9-10-19(18(24)13-17)27-11-3-4-12-27/h5-10,13-14,20H,3-4,11-12H2,1-2H3,(H,25,29)(H,26,28). The second-order valence-electron chi connectivity index (χ2n) is 7.55. The Morgan fingerprint density at radius 1 is 1.00 bits per heavy atom. The van der Waals surface area contributed by atoms with Crippen LogP contribution in [0, 0.1) is 17.6 Å². The maximum absolute atomic E-state index is 14.5. The Morgan fingerprint density at radius 3 is 2.24 bits per heavy atom. The van der Waals surface area contributed by atoms with Crippen LogP contribution in [0.4, 0.5) is 20.2 Å². The van der Waals surface area contributed by atoms with E-state index in [0.717, 1.165) is 25.9 Å². The SMILES string of the molecule is CC(C)C(NC(=O)c1ccc(F)cc1)C(=O)Nc1ccc(N2CCCC2)c(F)c1. The van der Waals surface area contributed by atoms with Crippen molar-refractivity contribution in [1.29, 1.82) is 0 Å². The first kappa shape index (κ1) is 20.8. The summed E-state index contributed by atoms with van der Waals surface area (Å²) in [6.45, 7) is 5.25. The number of carbonyl (C=O) groups excluding carboxylic acids is 2. The number of amides is 2. The van der Waals surface area contributed by atoms with Crippen LogP contribution in [0.5, 0.6) is 0 Å². The minimum atomic E-state index is -0.825. The summed E-state index contributed by atoms with van der Waals surface area (Å²) in [6, 6.07) is 8.87. The maximum Gasteiger partial charge on any atom is 0.251 e. The molecule has 2 amide bonds. The van der Waals surface area contributed by atoms with Gasteiger partial charge in [0.25, 0.3) is 5.91 Å². The molecule has 1 unspecified atom stereocenters. The lowest BCUT2D eigenvalue weighted by molar-refractivity contribution is -0.118. The third-order valence-corrected chi connectivity index (χ3v) is 5.00. The highest BCUT2D eigenvalue weighted by Gasteiger charge is 2.25. The Kier molecular flexibility index (Phi) is 6.46. The van der Waals surface area contributed by atoms with Crippen molar-refractivity contribution >= 4 is 23.2 Å². The zero-order valence-corrected chi connectivity index (χ0v) is 16.5. The van der Waals surface area contributed by atoms with Crippen LogP contribution in [0.25, 0.3) is 0 Å². The van der Waals surface area contributed by atoms with E-state index in [1.54, 1.807) is 26.0 Å². The molecule has 2 aromatic carbocycles. The van der Waals surface area contributed by atoms with E-state index in [1.165, 1.54) is 30.3 Å². The fourth-order valence-electron chi connectivity index (χ4n) is 3.38. The molecule has 0 aliphatic carbocycles. The van der Waals surface area contributed by atoms with Gasteiger partial charge in [0.1, 0.15) is 17.7 Å². The van der Waals surface area contributed by atoms with Gasteiger partial charge in [-0.1, -0.05) is 13.8 Å². The van der Waals surface area contributed by atoms with E-state index in [-0.39, 0.29) is 17.3 Å². The van der Waals surface area contributed by atoms with Crippen LogP contribution in [-0.2, 0) is 4.79 Å². The molecule has 29 heavy (non-hydrogen) atoms. The third kappa shape index (κ3) is 5.10. The normalized spacial score (nSPS) is 14.7. The van der Waals surface area contributed by atoms with Crippen molar-refractivity contribution in [3.63, 3.8) is 0 Å². The molecule has 7 heteroatoms. The Labute approximate surface area is 169 Å². The summed E-state index contributed by atoms with van der Waals surface area (Å²) in [7, 11) is 0. The van der Waals surface area contributed by atoms with Gasteiger partial charge in [-0.05, 0) is 61.2 Å². The number of benzene rings is 2. The van der Waals surface area contributed by atoms with Gasteiger partial charge in [-0.3, -0.25) is 9.59 Å². The average molecular weight is 401 g/mol. The Bertz CT molecular complexity index is 878. The van der Waals surface area contributed by atoms with Crippen LogP contribution in [-0.4, -0.2) is 30.9 Å². The summed E-state index contributed by atoms with van der Waals surface area (Å²) in [6.07, 6.45) is 2.09. The van der Waals surface area contributed by atoms with Crippen LogP contribution in [0.15, 0.2) is 42.5 Å². The summed E-state index contributed by atoms with van der Waals surface area (Å²) >= 11 is 0. The van der Waals surface area contributed by atoms with Gasteiger partial charge in [0.05, 0.1) is 5.69 Å².